The normalized spacial score (nSPS) is 24.0. The van der Waals surface area contributed by atoms with Gasteiger partial charge in [0.1, 0.15) is 11.9 Å². The van der Waals surface area contributed by atoms with E-state index in [0.29, 0.717) is 12.1 Å². The molecule has 5 rings (SSSR count). The Labute approximate surface area is 156 Å². The van der Waals surface area contributed by atoms with Crippen LogP contribution in [0.2, 0.25) is 0 Å². The highest BCUT2D eigenvalue weighted by Crippen LogP contribution is 2.31. The Bertz CT molecular complexity index is 737. The monoisotopic (exact) mass is 353 g/mol. The van der Waals surface area contributed by atoms with Gasteiger partial charge in [0, 0.05) is 42.3 Å². The van der Waals surface area contributed by atoms with Gasteiger partial charge < -0.3 is 19.5 Å². The van der Waals surface area contributed by atoms with E-state index in [4.69, 9.17) is 4.74 Å². The number of hydrogen-bond acceptors (Lipinski definition) is 3. The lowest BCUT2D eigenvalue weighted by Gasteiger charge is -2.41. The van der Waals surface area contributed by atoms with Crippen LogP contribution in [0.3, 0.4) is 0 Å². The first-order valence-corrected chi connectivity index (χ1v) is 10.6. The maximum atomic E-state index is 6.35. The van der Waals surface area contributed by atoms with Crippen molar-refractivity contribution in [3.05, 3.63) is 30.5 Å². The standard InChI is InChI=1S/C22H31N3O/c1-2-18(3-1)24-13-9-20(10-14-24)26-21-4-5-22-17(16-21)8-15-25(22)19-6-11-23-12-7-19/h4-5,8,15-16,18-20,23H,1-3,6-7,9-14H2. The van der Waals surface area contributed by atoms with Crippen LogP contribution in [0.5, 0.6) is 5.75 Å². The lowest BCUT2D eigenvalue weighted by atomic mass is 9.90. The minimum Gasteiger partial charge on any atom is -0.490 e. The van der Waals surface area contributed by atoms with Crippen LogP contribution in [0.4, 0.5) is 0 Å². The molecule has 0 bridgehead atoms. The quantitative estimate of drug-likeness (QED) is 0.902. The van der Waals surface area contributed by atoms with E-state index in [0.717, 1.165) is 24.9 Å². The van der Waals surface area contributed by atoms with Crippen LogP contribution in [0, 0.1) is 0 Å². The molecule has 1 saturated carbocycles. The van der Waals surface area contributed by atoms with Gasteiger partial charge in [-0.05, 0) is 75.9 Å². The molecule has 140 valence electrons. The van der Waals surface area contributed by atoms with Gasteiger partial charge in [-0.2, -0.15) is 0 Å². The van der Waals surface area contributed by atoms with Crippen LogP contribution in [-0.2, 0) is 0 Å². The predicted octanol–water partition coefficient (Wildman–Crippen LogP) is 3.96. The van der Waals surface area contributed by atoms with Gasteiger partial charge in [-0.15, -0.1) is 0 Å². The Morgan fingerprint density at radius 1 is 0.885 bits per heavy atom. The van der Waals surface area contributed by atoms with Crippen molar-refractivity contribution in [2.24, 2.45) is 0 Å². The van der Waals surface area contributed by atoms with Crippen molar-refractivity contribution < 1.29 is 4.74 Å². The molecule has 4 nitrogen and oxygen atoms in total. The number of benzene rings is 1. The first-order chi connectivity index (χ1) is 12.9. The molecular formula is C22H31N3O. The van der Waals surface area contributed by atoms with Gasteiger partial charge in [0.05, 0.1) is 0 Å². The van der Waals surface area contributed by atoms with Gasteiger partial charge in [-0.25, -0.2) is 0 Å². The Morgan fingerprint density at radius 3 is 2.42 bits per heavy atom. The summed E-state index contributed by atoms with van der Waals surface area (Å²) in [5.41, 5.74) is 1.35. The Kier molecular flexibility index (Phi) is 4.63. The fourth-order valence-corrected chi connectivity index (χ4v) is 4.92. The average molecular weight is 354 g/mol. The van der Waals surface area contributed by atoms with Gasteiger partial charge in [-0.1, -0.05) is 6.42 Å². The molecule has 2 aromatic rings. The van der Waals surface area contributed by atoms with Crippen molar-refractivity contribution in [1.29, 1.82) is 0 Å². The van der Waals surface area contributed by atoms with Gasteiger partial charge >= 0.3 is 0 Å². The smallest absolute Gasteiger partial charge is 0.120 e. The van der Waals surface area contributed by atoms with Gasteiger partial charge in [0.25, 0.3) is 0 Å². The lowest BCUT2D eigenvalue weighted by molar-refractivity contribution is 0.0494. The summed E-state index contributed by atoms with van der Waals surface area (Å²) in [7, 11) is 0. The van der Waals surface area contributed by atoms with E-state index in [-0.39, 0.29) is 0 Å². The fourth-order valence-electron chi connectivity index (χ4n) is 4.92. The third-order valence-corrected chi connectivity index (χ3v) is 6.76. The van der Waals surface area contributed by atoms with Gasteiger partial charge in [-0.3, -0.25) is 0 Å². The van der Waals surface area contributed by atoms with Crippen molar-refractivity contribution in [2.75, 3.05) is 26.2 Å². The number of likely N-dealkylation sites (tertiary alicyclic amines) is 1. The zero-order valence-corrected chi connectivity index (χ0v) is 15.7. The largest absolute Gasteiger partial charge is 0.490 e. The van der Waals surface area contributed by atoms with Crippen LogP contribution in [0.1, 0.15) is 51.0 Å². The summed E-state index contributed by atoms with van der Waals surface area (Å²) in [6.07, 6.45) is 11.7. The Hall–Kier alpha value is -1.52. The number of piperidine rings is 2. The summed E-state index contributed by atoms with van der Waals surface area (Å²) in [5, 5.41) is 4.77. The number of nitrogens with zero attached hydrogens (tertiary/aromatic N) is 2. The Balaban J connectivity index is 1.24. The molecular weight excluding hydrogens is 322 g/mol. The summed E-state index contributed by atoms with van der Waals surface area (Å²) in [4.78, 5) is 2.69. The minimum absolute atomic E-state index is 0.385. The first-order valence-electron chi connectivity index (χ1n) is 10.6. The topological polar surface area (TPSA) is 29.4 Å². The SMILES string of the molecule is c1cc2c(ccn2C2CCNCC2)cc1OC1CCN(C2CCC2)CC1. The van der Waals surface area contributed by atoms with E-state index >= 15 is 0 Å². The third-order valence-electron chi connectivity index (χ3n) is 6.76. The van der Waals surface area contributed by atoms with Crippen LogP contribution < -0.4 is 10.1 Å². The molecule has 0 spiro atoms. The molecule has 0 radical (unpaired) electrons. The maximum absolute atomic E-state index is 6.35. The number of aromatic nitrogens is 1. The fraction of sp³-hybridized carbons (Fsp3) is 0.636. The summed E-state index contributed by atoms with van der Waals surface area (Å²) in [6, 6.07) is 10.4. The first kappa shape index (κ1) is 16.6. The van der Waals surface area contributed by atoms with Crippen LogP contribution in [0.25, 0.3) is 10.9 Å². The van der Waals surface area contributed by atoms with Crippen molar-refractivity contribution >= 4 is 10.9 Å². The molecule has 3 fully saturated rings. The molecule has 4 heteroatoms. The van der Waals surface area contributed by atoms with E-state index in [1.165, 1.54) is 68.9 Å². The predicted molar refractivity (Wildman–Crippen MR) is 106 cm³/mol. The molecule has 0 unspecified atom stereocenters. The molecule has 2 saturated heterocycles. The zero-order chi connectivity index (χ0) is 17.3. The van der Waals surface area contributed by atoms with Crippen LogP contribution in [0.15, 0.2) is 30.5 Å². The van der Waals surface area contributed by atoms with Crippen molar-refractivity contribution in [1.82, 2.24) is 14.8 Å². The molecule has 1 aromatic heterocycles. The molecule has 0 amide bonds. The number of hydrogen-bond donors (Lipinski definition) is 1. The van der Waals surface area contributed by atoms with E-state index in [1.54, 1.807) is 0 Å². The second-order valence-corrected chi connectivity index (χ2v) is 8.36. The second-order valence-electron chi connectivity index (χ2n) is 8.36. The number of ether oxygens (including phenoxy) is 1. The van der Waals surface area contributed by atoms with Crippen LogP contribution in [-0.4, -0.2) is 47.8 Å². The number of nitrogens with one attached hydrogen (secondary N) is 1. The summed E-state index contributed by atoms with van der Waals surface area (Å²) in [5.74, 6) is 1.04. The molecule has 2 aliphatic heterocycles. The highest BCUT2D eigenvalue weighted by Gasteiger charge is 2.29. The number of rotatable bonds is 4. The molecule has 3 aliphatic rings. The highest BCUT2D eigenvalue weighted by molar-refractivity contribution is 5.81. The third kappa shape index (κ3) is 3.25. The van der Waals surface area contributed by atoms with E-state index in [1.807, 2.05) is 0 Å². The molecule has 26 heavy (non-hydrogen) atoms. The second kappa shape index (κ2) is 7.24. The molecule has 1 aromatic carbocycles. The van der Waals surface area contributed by atoms with E-state index < -0.39 is 0 Å². The van der Waals surface area contributed by atoms with Crippen molar-refractivity contribution in [2.45, 2.75) is 63.1 Å². The molecule has 1 N–H and O–H groups in total. The van der Waals surface area contributed by atoms with E-state index in [2.05, 4.69) is 45.2 Å². The maximum Gasteiger partial charge on any atom is 0.120 e. The van der Waals surface area contributed by atoms with Crippen molar-refractivity contribution in [3.63, 3.8) is 0 Å². The average Bonchev–Trinajstić information content (AvgIpc) is 3.06. The molecule has 0 atom stereocenters. The Morgan fingerprint density at radius 2 is 1.69 bits per heavy atom. The summed E-state index contributed by atoms with van der Waals surface area (Å²) in [6.45, 7) is 4.68. The lowest BCUT2D eigenvalue weighted by Crippen LogP contribution is -2.46. The number of fused-ring (bicyclic) bond motifs is 1. The summed E-state index contributed by atoms with van der Waals surface area (Å²) >= 11 is 0. The van der Waals surface area contributed by atoms with Crippen LogP contribution >= 0.6 is 0 Å². The minimum atomic E-state index is 0.385. The summed E-state index contributed by atoms with van der Waals surface area (Å²) < 4.78 is 8.82. The van der Waals surface area contributed by atoms with E-state index in [9.17, 15) is 0 Å². The zero-order valence-electron chi connectivity index (χ0n) is 15.7. The molecule has 3 heterocycles. The van der Waals surface area contributed by atoms with Crippen molar-refractivity contribution in [3.8, 4) is 5.75 Å². The molecule has 1 aliphatic carbocycles. The van der Waals surface area contributed by atoms with Gasteiger partial charge in [0.2, 0.25) is 0 Å². The van der Waals surface area contributed by atoms with Gasteiger partial charge in [0.15, 0.2) is 0 Å². The highest BCUT2D eigenvalue weighted by atomic mass is 16.5.